The summed E-state index contributed by atoms with van der Waals surface area (Å²) in [6.45, 7) is 14.3. The molecule has 3 N–H and O–H groups in total. The summed E-state index contributed by atoms with van der Waals surface area (Å²) in [4.78, 5) is 39.2. The number of hydrogen-bond donors (Lipinski definition) is 3. The molecule has 0 spiro atoms. The van der Waals surface area contributed by atoms with E-state index in [1.807, 2.05) is 6.07 Å². The summed E-state index contributed by atoms with van der Waals surface area (Å²) < 4.78 is 29.8. The van der Waals surface area contributed by atoms with Crippen molar-refractivity contribution in [3.8, 4) is 5.75 Å². The number of hydrogen-bond acceptors (Lipinski definition) is 6. The Hall–Kier alpha value is -1.88. The van der Waals surface area contributed by atoms with Gasteiger partial charge in [-0.05, 0) is 20.8 Å². The summed E-state index contributed by atoms with van der Waals surface area (Å²) in [6, 6.07) is 4.27. The molecule has 8 nitrogen and oxygen atoms in total. The third kappa shape index (κ3) is 14.2. The van der Waals surface area contributed by atoms with Crippen LogP contribution in [0.5, 0.6) is 5.75 Å². The van der Waals surface area contributed by atoms with Gasteiger partial charge in [0.1, 0.15) is 5.60 Å². The van der Waals surface area contributed by atoms with Gasteiger partial charge in [-0.15, -0.1) is 0 Å². The number of aliphatic hydroxyl groups excluding tert-OH is 1. The average molecular weight is 744 g/mol. The zero-order valence-corrected chi connectivity index (χ0v) is 32.2. The van der Waals surface area contributed by atoms with Gasteiger partial charge in [-0.3, -0.25) is 4.79 Å². The number of amides is 2. The molecule has 0 bridgehead atoms. The van der Waals surface area contributed by atoms with Crippen LogP contribution < -0.4 is 18.9 Å². The number of nitrogens with one attached hydrogen (secondary N) is 2. The number of ether oxygens (including phenoxy) is 2. The van der Waals surface area contributed by atoms with Crippen molar-refractivity contribution in [3.05, 3.63) is 23.8 Å². The van der Waals surface area contributed by atoms with Gasteiger partial charge >= 0.3 is 237 Å². The number of aliphatic hydroxyl groups is 1. The van der Waals surface area contributed by atoms with E-state index in [0.29, 0.717) is 5.75 Å². The molecule has 1 rings (SSSR count). The minimum atomic E-state index is -2.77. The molecule has 2 unspecified atom stereocenters. The topological polar surface area (TPSA) is 114 Å². The van der Waals surface area contributed by atoms with E-state index in [1.54, 1.807) is 41.7 Å². The average Bonchev–Trinajstić information content (AvgIpc) is 2.97. The number of unbranched alkanes of at least 4 members (excludes halogenated alkanes) is 3. The van der Waals surface area contributed by atoms with Crippen LogP contribution in [0.1, 0.15) is 106 Å². The first-order valence-electron chi connectivity index (χ1n) is 16.9. The molecular formula is C35H61FN2O6Sn. The van der Waals surface area contributed by atoms with E-state index in [1.165, 1.54) is 55.4 Å². The van der Waals surface area contributed by atoms with Crippen LogP contribution in [0.2, 0.25) is 13.3 Å². The van der Waals surface area contributed by atoms with Crippen LogP contribution in [0, 0.1) is 5.92 Å². The molecule has 0 aliphatic carbocycles. The van der Waals surface area contributed by atoms with Crippen molar-refractivity contribution in [2.24, 2.45) is 5.92 Å². The van der Waals surface area contributed by atoms with Gasteiger partial charge in [0.25, 0.3) is 0 Å². The molecule has 0 saturated carbocycles. The fourth-order valence-electron chi connectivity index (χ4n) is 5.76. The molecule has 1 aromatic rings. The molecule has 0 aliphatic heterocycles. The van der Waals surface area contributed by atoms with Crippen LogP contribution >= 0.6 is 0 Å². The molecule has 3 atom stereocenters. The molecule has 45 heavy (non-hydrogen) atoms. The number of methoxy groups -OCH3 is 1. The molecular weight excluding hydrogens is 682 g/mol. The maximum atomic E-state index is 13.5. The third-order valence-electron chi connectivity index (χ3n) is 8.29. The van der Waals surface area contributed by atoms with Crippen LogP contribution in [0.15, 0.2) is 18.2 Å². The van der Waals surface area contributed by atoms with Crippen LogP contribution in [-0.4, -0.2) is 78.8 Å². The second-order valence-electron chi connectivity index (χ2n) is 13.7. The molecule has 0 aliphatic rings. The second-order valence-corrected chi connectivity index (χ2v) is 26.9. The second kappa shape index (κ2) is 20.4. The van der Waals surface area contributed by atoms with Gasteiger partial charge in [0, 0.05) is 0 Å². The SMILES string of the molecule is CCC[CH2][Sn]([CH2]CCC)([CH2]CCC)[c]1ccc(OC)c(CC(=O)N[C@H](C(=O)NC(CC(=O)OC(C)(C)C)C(O)CF)C(C)C)c1. The van der Waals surface area contributed by atoms with E-state index >= 15 is 0 Å². The van der Waals surface area contributed by atoms with Crippen molar-refractivity contribution < 1.29 is 33.4 Å². The van der Waals surface area contributed by atoms with Crippen LogP contribution in [-0.2, 0) is 25.5 Å². The number of rotatable bonds is 21. The van der Waals surface area contributed by atoms with E-state index < -0.39 is 67.1 Å². The van der Waals surface area contributed by atoms with Gasteiger partial charge in [0.15, 0.2) is 0 Å². The fourth-order valence-corrected chi connectivity index (χ4v) is 21.8. The number of alkyl halides is 1. The molecule has 10 heteroatoms. The van der Waals surface area contributed by atoms with Gasteiger partial charge in [-0.25, -0.2) is 4.39 Å². The van der Waals surface area contributed by atoms with E-state index in [2.05, 4.69) is 43.5 Å². The van der Waals surface area contributed by atoms with E-state index in [-0.39, 0.29) is 18.2 Å². The zero-order chi connectivity index (χ0) is 34.2. The van der Waals surface area contributed by atoms with Crippen LogP contribution in [0.25, 0.3) is 0 Å². The molecule has 0 radical (unpaired) electrons. The summed E-state index contributed by atoms with van der Waals surface area (Å²) in [5, 5.41) is 15.7. The van der Waals surface area contributed by atoms with Crippen molar-refractivity contribution in [2.45, 2.75) is 144 Å². The summed E-state index contributed by atoms with van der Waals surface area (Å²) in [5.41, 5.74) is 0.0292. The van der Waals surface area contributed by atoms with Gasteiger partial charge in [-0.2, -0.15) is 0 Å². The number of carbonyl (C=O) groups excluding carboxylic acids is 3. The predicted octanol–water partition coefficient (Wildman–Crippen LogP) is 5.98. The van der Waals surface area contributed by atoms with Crippen molar-refractivity contribution in [2.75, 3.05) is 13.8 Å². The molecule has 0 heterocycles. The monoisotopic (exact) mass is 744 g/mol. The van der Waals surface area contributed by atoms with Gasteiger partial charge < -0.3 is 4.74 Å². The Labute approximate surface area is 275 Å². The van der Waals surface area contributed by atoms with E-state index in [0.717, 1.165) is 5.56 Å². The first kappa shape index (κ1) is 41.1. The number of esters is 1. The van der Waals surface area contributed by atoms with Gasteiger partial charge in [0.05, 0.1) is 0 Å². The Morgan fingerprint density at radius 1 is 0.956 bits per heavy atom. The first-order valence-corrected chi connectivity index (χ1v) is 24.4. The summed E-state index contributed by atoms with van der Waals surface area (Å²) in [6.07, 6.45) is 5.22. The zero-order valence-electron chi connectivity index (χ0n) is 29.4. The van der Waals surface area contributed by atoms with Gasteiger partial charge in [-0.1, -0.05) is 0 Å². The normalized spacial score (nSPS) is 14.0. The number of halogens is 1. The Kier molecular flexibility index (Phi) is 18.6. The maximum absolute atomic E-state index is 13.5. The van der Waals surface area contributed by atoms with E-state index in [4.69, 9.17) is 9.47 Å². The number of benzene rings is 1. The van der Waals surface area contributed by atoms with Crippen molar-refractivity contribution in [1.29, 1.82) is 0 Å². The minimum absolute atomic E-state index is 0.0409. The van der Waals surface area contributed by atoms with Gasteiger partial charge in [0.2, 0.25) is 0 Å². The summed E-state index contributed by atoms with van der Waals surface area (Å²) >= 11 is -2.77. The summed E-state index contributed by atoms with van der Waals surface area (Å²) in [5.74, 6) is -1.28. The molecule has 2 amide bonds. The Morgan fingerprint density at radius 2 is 1.51 bits per heavy atom. The number of carbonyl (C=O) groups is 3. The van der Waals surface area contributed by atoms with Crippen LogP contribution in [0.4, 0.5) is 4.39 Å². The molecule has 0 aromatic heterocycles. The Balaban J connectivity index is 3.26. The van der Waals surface area contributed by atoms with Crippen molar-refractivity contribution in [3.63, 3.8) is 0 Å². The predicted molar refractivity (Wildman–Crippen MR) is 182 cm³/mol. The Morgan fingerprint density at radius 3 is 1.96 bits per heavy atom. The quantitative estimate of drug-likeness (QED) is 0.106. The molecule has 0 saturated heterocycles. The fraction of sp³-hybridized carbons (Fsp3) is 0.743. The standard InChI is InChI=1S/C23H34FN2O6.3C4H9.Sn/c1-14(2)21(26-19(28)11-15-9-7-8-10-18(15)31-6)22(30)25-16(17(27)13-24)12-20(29)32-23(3,4)5;3*1-3-4-2;/h8-10,14,16-17,21,27H,11-13H2,1-6H3,(H,25,30)(H,26,28);3*1,3-4H2,2H3;/t16?,17?,21-;;;;/m0..../s1. The third-order valence-corrected chi connectivity index (χ3v) is 23.9. The molecule has 1 aromatic carbocycles. The first-order chi connectivity index (χ1) is 21.2. The molecule has 258 valence electrons. The summed E-state index contributed by atoms with van der Waals surface area (Å²) in [7, 11) is 1.60. The van der Waals surface area contributed by atoms with Crippen LogP contribution in [0.3, 0.4) is 0 Å². The molecule has 0 fully saturated rings. The van der Waals surface area contributed by atoms with Crippen molar-refractivity contribution >= 4 is 39.7 Å². The van der Waals surface area contributed by atoms with Crippen molar-refractivity contribution in [1.82, 2.24) is 10.6 Å². The Bertz CT molecular complexity index is 1040. The van der Waals surface area contributed by atoms with E-state index in [9.17, 15) is 23.9 Å².